The maximum absolute atomic E-state index is 12.5. The van der Waals surface area contributed by atoms with E-state index >= 15 is 0 Å². The van der Waals surface area contributed by atoms with Crippen molar-refractivity contribution in [3.05, 3.63) is 64.2 Å². The molecular weight excluding hydrogens is 356 g/mol. The number of methoxy groups -OCH3 is 1. The first kappa shape index (κ1) is 20.7. The van der Waals surface area contributed by atoms with Crippen LogP contribution in [-0.2, 0) is 4.79 Å². The third-order valence-corrected chi connectivity index (χ3v) is 4.27. The Morgan fingerprint density at radius 2 is 1.96 bits per heavy atom. The first-order valence-electron chi connectivity index (χ1n) is 8.71. The van der Waals surface area contributed by atoms with Crippen LogP contribution in [0.5, 0.6) is 5.75 Å². The van der Waals surface area contributed by atoms with Crippen LogP contribution in [0, 0.1) is 18.3 Å². The maximum Gasteiger partial charge on any atom is 0.335 e. The van der Waals surface area contributed by atoms with Gasteiger partial charge in [-0.05, 0) is 65.9 Å². The molecule has 2 N–H and O–H groups in total. The number of amides is 1. The van der Waals surface area contributed by atoms with Gasteiger partial charge in [0.05, 0.1) is 12.7 Å². The van der Waals surface area contributed by atoms with E-state index in [9.17, 15) is 14.9 Å². The van der Waals surface area contributed by atoms with Crippen LogP contribution < -0.4 is 10.1 Å². The van der Waals surface area contributed by atoms with Crippen molar-refractivity contribution in [2.75, 3.05) is 12.4 Å². The predicted molar refractivity (Wildman–Crippen MR) is 107 cm³/mol. The molecule has 0 unspecified atom stereocenters. The van der Waals surface area contributed by atoms with Gasteiger partial charge in [0.25, 0.3) is 5.91 Å². The van der Waals surface area contributed by atoms with Gasteiger partial charge in [0.15, 0.2) is 0 Å². The minimum atomic E-state index is -1.10. The second kappa shape index (κ2) is 8.87. The maximum atomic E-state index is 12.5. The number of aryl methyl sites for hydroxylation is 1. The Labute approximate surface area is 164 Å². The van der Waals surface area contributed by atoms with Gasteiger partial charge >= 0.3 is 5.97 Å². The monoisotopic (exact) mass is 378 g/mol. The summed E-state index contributed by atoms with van der Waals surface area (Å²) >= 11 is 0. The van der Waals surface area contributed by atoms with E-state index in [1.54, 1.807) is 13.2 Å². The number of benzene rings is 2. The van der Waals surface area contributed by atoms with Crippen LogP contribution in [0.1, 0.15) is 46.8 Å². The van der Waals surface area contributed by atoms with E-state index in [-0.39, 0.29) is 17.1 Å². The third kappa shape index (κ3) is 4.77. The van der Waals surface area contributed by atoms with Crippen LogP contribution >= 0.6 is 0 Å². The molecule has 2 aromatic carbocycles. The fraction of sp³-hybridized carbons (Fsp3) is 0.227. The van der Waals surface area contributed by atoms with Gasteiger partial charge in [0.2, 0.25) is 0 Å². The summed E-state index contributed by atoms with van der Waals surface area (Å²) in [7, 11) is 1.61. The Bertz CT molecular complexity index is 985. The van der Waals surface area contributed by atoms with Crippen LogP contribution in [-0.4, -0.2) is 24.1 Å². The molecule has 0 heterocycles. The molecule has 0 saturated heterocycles. The van der Waals surface area contributed by atoms with Gasteiger partial charge in [-0.1, -0.05) is 19.9 Å². The fourth-order valence-electron chi connectivity index (χ4n) is 2.73. The lowest BCUT2D eigenvalue weighted by atomic mass is 9.95. The Morgan fingerprint density at radius 1 is 1.25 bits per heavy atom. The van der Waals surface area contributed by atoms with Crippen molar-refractivity contribution < 1.29 is 19.4 Å². The van der Waals surface area contributed by atoms with E-state index in [0.717, 1.165) is 22.4 Å². The zero-order valence-corrected chi connectivity index (χ0v) is 16.2. The fourth-order valence-corrected chi connectivity index (χ4v) is 2.73. The van der Waals surface area contributed by atoms with Gasteiger partial charge in [-0.25, -0.2) is 4.79 Å². The summed E-state index contributed by atoms with van der Waals surface area (Å²) in [5.41, 5.74) is 2.87. The minimum Gasteiger partial charge on any atom is -0.496 e. The number of carboxylic acids is 1. The topological polar surface area (TPSA) is 99.4 Å². The first-order chi connectivity index (χ1) is 13.3. The predicted octanol–water partition coefficient (Wildman–Crippen LogP) is 4.37. The summed E-state index contributed by atoms with van der Waals surface area (Å²) in [6.07, 6.45) is 1.52. The van der Waals surface area contributed by atoms with Gasteiger partial charge in [-0.15, -0.1) is 0 Å². The number of nitriles is 1. The molecule has 1 amide bonds. The number of rotatable bonds is 6. The Balaban J connectivity index is 2.37. The minimum absolute atomic E-state index is 0.0489. The molecule has 28 heavy (non-hydrogen) atoms. The quantitative estimate of drug-likeness (QED) is 0.574. The summed E-state index contributed by atoms with van der Waals surface area (Å²) < 4.78 is 5.42. The van der Waals surface area contributed by atoms with E-state index in [2.05, 4.69) is 5.32 Å². The van der Waals surface area contributed by atoms with Gasteiger partial charge in [-0.2, -0.15) is 5.26 Å². The van der Waals surface area contributed by atoms with E-state index in [1.807, 2.05) is 39.0 Å². The van der Waals surface area contributed by atoms with Crippen molar-refractivity contribution in [2.45, 2.75) is 26.7 Å². The van der Waals surface area contributed by atoms with Crippen molar-refractivity contribution in [3.63, 3.8) is 0 Å². The molecule has 0 saturated carbocycles. The van der Waals surface area contributed by atoms with E-state index in [1.165, 1.54) is 24.3 Å². The normalized spacial score (nSPS) is 11.1. The number of carbonyl (C=O) groups is 2. The number of hydrogen-bond acceptors (Lipinski definition) is 4. The SMILES string of the molecule is COc1cc(C)c(/C=C(/C#N)C(=O)Nc2cccc(C(=O)O)c2)cc1C(C)C. The standard InChI is InChI=1S/C22H22N2O4/c1-13(2)19-11-16(14(3)8-20(19)28-4)9-17(12-23)21(25)24-18-7-5-6-15(10-18)22(26)27/h5-11,13H,1-4H3,(H,24,25)(H,26,27)/b17-9-. The van der Waals surface area contributed by atoms with Gasteiger partial charge in [0, 0.05) is 5.69 Å². The molecule has 6 heteroatoms. The highest BCUT2D eigenvalue weighted by Gasteiger charge is 2.14. The van der Waals surface area contributed by atoms with Crippen LogP contribution in [0.2, 0.25) is 0 Å². The van der Waals surface area contributed by atoms with Gasteiger partial charge in [-0.3, -0.25) is 4.79 Å². The molecule has 144 valence electrons. The highest BCUT2D eigenvalue weighted by molar-refractivity contribution is 6.10. The molecular formula is C22H22N2O4. The largest absolute Gasteiger partial charge is 0.496 e. The Hall–Kier alpha value is -3.59. The van der Waals surface area contributed by atoms with Crippen LogP contribution in [0.4, 0.5) is 5.69 Å². The second-order valence-electron chi connectivity index (χ2n) is 6.62. The molecule has 2 rings (SSSR count). The molecule has 0 aliphatic heterocycles. The van der Waals surface area contributed by atoms with E-state index < -0.39 is 11.9 Å². The van der Waals surface area contributed by atoms with Crippen molar-refractivity contribution in [3.8, 4) is 11.8 Å². The lowest BCUT2D eigenvalue weighted by Crippen LogP contribution is -2.14. The molecule has 0 bridgehead atoms. The zero-order valence-electron chi connectivity index (χ0n) is 16.2. The average Bonchev–Trinajstić information content (AvgIpc) is 2.66. The number of nitrogens with zero attached hydrogens (tertiary/aromatic N) is 1. The molecule has 0 radical (unpaired) electrons. The van der Waals surface area contributed by atoms with Crippen molar-refractivity contribution in [2.24, 2.45) is 0 Å². The third-order valence-electron chi connectivity index (χ3n) is 4.27. The van der Waals surface area contributed by atoms with E-state index in [4.69, 9.17) is 9.84 Å². The number of hydrogen-bond donors (Lipinski definition) is 2. The van der Waals surface area contributed by atoms with Crippen LogP contribution in [0.25, 0.3) is 6.08 Å². The highest BCUT2D eigenvalue weighted by Crippen LogP contribution is 2.30. The summed E-state index contributed by atoms with van der Waals surface area (Å²) in [5, 5.41) is 21.1. The van der Waals surface area contributed by atoms with Gasteiger partial charge < -0.3 is 15.2 Å². The molecule has 6 nitrogen and oxygen atoms in total. The summed E-state index contributed by atoms with van der Waals surface area (Å²) in [6.45, 7) is 5.95. The lowest BCUT2D eigenvalue weighted by molar-refractivity contribution is -0.112. The number of carbonyl (C=O) groups excluding carboxylic acids is 1. The molecule has 0 aliphatic rings. The van der Waals surface area contributed by atoms with Crippen molar-refractivity contribution >= 4 is 23.6 Å². The Morgan fingerprint density at radius 3 is 2.54 bits per heavy atom. The van der Waals surface area contributed by atoms with Crippen LogP contribution in [0.15, 0.2) is 42.0 Å². The first-order valence-corrected chi connectivity index (χ1v) is 8.71. The smallest absolute Gasteiger partial charge is 0.335 e. The van der Waals surface area contributed by atoms with Crippen molar-refractivity contribution in [1.29, 1.82) is 5.26 Å². The molecule has 0 atom stereocenters. The van der Waals surface area contributed by atoms with Crippen LogP contribution in [0.3, 0.4) is 0 Å². The number of carboxylic acid groups (broad SMARTS) is 1. The summed E-state index contributed by atoms with van der Waals surface area (Å²) in [5.74, 6) is -0.729. The Kier molecular flexibility index (Phi) is 6.56. The molecule has 0 aromatic heterocycles. The van der Waals surface area contributed by atoms with Gasteiger partial charge in [0.1, 0.15) is 17.4 Å². The second-order valence-corrected chi connectivity index (χ2v) is 6.62. The number of nitrogens with one attached hydrogen (secondary N) is 1. The lowest BCUT2D eigenvalue weighted by Gasteiger charge is -2.15. The number of ether oxygens (including phenoxy) is 1. The highest BCUT2D eigenvalue weighted by atomic mass is 16.5. The summed E-state index contributed by atoms with van der Waals surface area (Å²) in [4.78, 5) is 23.6. The molecule has 0 spiro atoms. The van der Waals surface area contributed by atoms with E-state index in [0.29, 0.717) is 5.69 Å². The molecule has 0 fully saturated rings. The zero-order chi connectivity index (χ0) is 20.8. The number of anilines is 1. The molecule has 2 aromatic rings. The summed E-state index contributed by atoms with van der Waals surface area (Å²) in [6, 6.07) is 11.6. The van der Waals surface area contributed by atoms with Crippen molar-refractivity contribution in [1.82, 2.24) is 0 Å². The molecule has 0 aliphatic carbocycles. The number of aromatic carboxylic acids is 1. The average molecular weight is 378 g/mol.